The van der Waals surface area contributed by atoms with Crippen molar-refractivity contribution in [3.05, 3.63) is 83.4 Å². The molecule has 0 saturated carbocycles. The van der Waals surface area contributed by atoms with Crippen molar-refractivity contribution in [2.45, 2.75) is 64.7 Å². The number of nitrogens with zero attached hydrogens (tertiary/aromatic N) is 1. The Morgan fingerprint density at radius 1 is 1.07 bits per heavy atom. The van der Waals surface area contributed by atoms with E-state index in [1.807, 2.05) is 31.2 Å². The summed E-state index contributed by atoms with van der Waals surface area (Å²) in [6.07, 6.45) is 2.30. The number of carbonyl (C=O) groups is 3. The molecule has 4 atom stereocenters. The molecule has 0 radical (unpaired) electrons. The fraction of sp³-hybridized carbons (Fsp3) is 0.394. The summed E-state index contributed by atoms with van der Waals surface area (Å²) in [6, 6.07) is 14.5. The molecular formula is C33H37FN2O8. The third-order valence-electron chi connectivity index (χ3n) is 7.42. The fourth-order valence-electron chi connectivity index (χ4n) is 5.06. The van der Waals surface area contributed by atoms with Crippen molar-refractivity contribution in [1.29, 1.82) is 0 Å². The van der Waals surface area contributed by atoms with Crippen molar-refractivity contribution in [2.75, 3.05) is 13.9 Å². The molecule has 10 nitrogen and oxygen atoms in total. The first-order chi connectivity index (χ1) is 21.1. The molecule has 4 rings (SSSR count). The number of esters is 2. The van der Waals surface area contributed by atoms with Gasteiger partial charge in [0.2, 0.25) is 6.79 Å². The lowest BCUT2D eigenvalue weighted by atomic mass is 9.87. The van der Waals surface area contributed by atoms with Crippen molar-refractivity contribution >= 4 is 17.8 Å². The van der Waals surface area contributed by atoms with Crippen LogP contribution in [-0.2, 0) is 25.5 Å². The van der Waals surface area contributed by atoms with Gasteiger partial charge < -0.3 is 29.0 Å². The van der Waals surface area contributed by atoms with Crippen molar-refractivity contribution in [1.82, 2.24) is 10.3 Å². The quantitative estimate of drug-likeness (QED) is 0.251. The number of halogens is 1. The van der Waals surface area contributed by atoms with E-state index < -0.39 is 36.8 Å². The number of rotatable bonds is 10. The number of hydrogen-bond acceptors (Lipinski definition) is 9. The number of amides is 1. The summed E-state index contributed by atoms with van der Waals surface area (Å²) < 4.78 is 41.7. The summed E-state index contributed by atoms with van der Waals surface area (Å²) in [6.45, 7) is 4.56. The van der Waals surface area contributed by atoms with E-state index in [2.05, 4.69) is 10.3 Å². The molecule has 44 heavy (non-hydrogen) atoms. The molecule has 0 unspecified atom stereocenters. The maximum absolute atomic E-state index is 13.6. The highest BCUT2D eigenvalue weighted by Crippen LogP contribution is 2.31. The zero-order chi connectivity index (χ0) is 31.6. The van der Waals surface area contributed by atoms with Gasteiger partial charge in [0.05, 0.1) is 7.11 Å². The molecule has 0 bridgehead atoms. The lowest BCUT2D eigenvalue weighted by Crippen LogP contribution is -2.44. The number of pyridine rings is 1. The second kappa shape index (κ2) is 15.2. The van der Waals surface area contributed by atoms with Gasteiger partial charge in [0.25, 0.3) is 5.91 Å². The Morgan fingerprint density at radius 2 is 1.80 bits per heavy atom. The minimum atomic E-state index is -0.983. The predicted molar refractivity (Wildman–Crippen MR) is 158 cm³/mol. The van der Waals surface area contributed by atoms with Crippen LogP contribution in [-0.4, -0.2) is 55.0 Å². The highest BCUT2D eigenvalue weighted by atomic mass is 19.1. The number of hydrogen-bond donors (Lipinski definition) is 1. The number of benzene rings is 2. The maximum Gasteiger partial charge on any atom is 0.328 e. The second-order valence-corrected chi connectivity index (χ2v) is 10.7. The predicted octanol–water partition coefficient (Wildman–Crippen LogP) is 4.96. The molecule has 1 aliphatic heterocycles. The van der Waals surface area contributed by atoms with E-state index >= 15 is 0 Å². The highest BCUT2D eigenvalue weighted by molar-refractivity contribution is 5.98. The third-order valence-corrected chi connectivity index (χ3v) is 7.42. The van der Waals surface area contributed by atoms with Gasteiger partial charge in [-0.2, -0.15) is 0 Å². The third kappa shape index (κ3) is 8.68. The van der Waals surface area contributed by atoms with E-state index in [1.54, 1.807) is 19.1 Å². The van der Waals surface area contributed by atoms with Crippen LogP contribution in [0.3, 0.4) is 0 Å². The average molecular weight is 609 g/mol. The van der Waals surface area contributed by atoms with Gasteiger partial charge in [0.15, 0.2) is 17.2 Å². The first kappa shape index (κ1) is 32.2. The van der Waals surface area contributed by atoms with Crippen LogP contribution in [0.25, 0.3) is 0 Å². The number of aryl methyl sites for hydroxylation is 1. The van der Waals surface area contributed by atoms with Gasteiger partial charge in [0.1, 0.15) is 29.8 Å². The van der Waals surface area contributed by atoms with Gasteiger partial charge in [-0.3, -0.25) is 9.59 Å². The van der Waals surface area contributed by atoms with Gasteiger partial charge >= 0.3 is 11.9 Å². The van der Waals surface area contributed by atoms with Crippen molar-refractivity contribution in [3.63, 3.8) is 0 Å². The first-order valence-electron chi connectivity index (χ1n) is 14.4. The molecule has 11 heteroatoms. The van der Waals surface area contributed by atoms with Crippen molar-refractivity contribution in [3.8, 4) is 17.2 Å². The topological polar surface area (TPSA) is 122 Å². The summed E-state index contributed by atoms with van der Waals surface area (Å²) in [7, 11) is 1.39. The number of carbonyl (C=O) groups excluding carboxylic acids is 3. The average Bonchev–Trinajstić information content (AvgIpc) is 3.04. The smallest absolute Gasteiger partial charge is 0.328 e. The Kier molecular flexibility index (Phi) is 11.1. The Bertz CT molecular complexity index is 1430. The van der Waals surface area contributed by atoms with E-state index in [9.17, 15) is 18.8 Å². The van der Waals surface area contributed by atoms with Crippen LogP contribution < -0.4 is 19.5 Å². The SMILES string of the molecule is COc1ccnc(C(=O)N[C@H]2CCC[C@H](Oc3ccc(C)cc3)[C@@H](Cc3ccc(F)cc3)[C@H](C)OC2=O)c1OCOC(C)=O. The molecule has 1 amide bonds. The van der Waals surface area contributed by atoms with Gasteiger partial charge in [-0.05, 0) is 69.4 Å². The number of methoxy groups -OCH3 is 1. The fourth-order valence-corrected chi connectivity index (χ4v) is 5.06. The summed E-state index contributed by atoms with van der Waals surface area (Å²) >= 11 is 0. The van der Waals surface area contributed by atoms with Crippen LogP contribution in [0, 0.1) is 18.7 Å². The molecule has 2 aromatic carbocycles. The van der Waals surface area contributed by atoms with Crippen LogP contribution in [0.15, 0.2) is 60.8 Å². The standard InChI is InChI=1S/C33H37FN2O8/c1-20-8-14-25(15-9-20)44-28-7-5-6-27(33(39)43-21(2)26(28)18-23-10-12-24(34)13-11-23)36-32(38)30-31(42-19-41-22(3)37)29(40-4)16-17-35-30/h8-17,21,26-28H,5-7,18-19H2,1-4H3,(H,36,38)/t21-,26-,27-,28-/m0/s1. The lowest BCUT2D eigenvalue weighted by Gasteiger charge is -2.31. The van der Waals surface area contributed by atoms with Crippen molar-refractivity contribution < 1.29 is 42.5 Å². The normalized spacial score (nSPS) is 20.2. The Balaban J connectivity index is 1.55. The summed E-state index contributed by atoms with van der Waals surface area (Å²) in [5.74, 6) is -1.60. The Hall–Kier alpha value is -4.67. The largest absolute Gasteiger partial charge is 0.493 e. The number of nitrogens with one attached hydrogen (secondary N) is 1. The van der Waals surface area contributed by atoms with Crippen LogP contribution in [0.4, 0.5) is 4.39 Å². The summed E-state index contributed by atoms with van der Waals surface area (Å²) in [4.78, 5) is 42.2. The molecule has 1 N–H and O–H groups in total. The zero-order valence-corrected chi connectivity index (χ0v) is 25.2. The van der Waals surface area contributed by atoms with E-state index in [0.29, 0.717) is 25.0 Å². The summed E-state index contributed by atoms with van der Waals surface area (Å²) in [5.41, 5.74) is 1.83. The maximum atomic E-state index is 13.6. The van der Waals surface area contributed by atoms with Crippen molar-refractivity contribution in [2.24, 2.45) is 5.92 Å². The van der Waals surface area contributed by atoms with Crippen LogP contribution >= 0.6 is 0 Å². The molecule has 3 aromatic rings. The van der Waals surface area contributed by atoms with Gasteiger partial charge in [-0.15, -0.1) is 0 Å². The molecule has 0 spiro atoms. The number of aromatic nitrogens is 1. The molecule has 234 valence electrons. The molecular weight excluding hydrogens is 571 g/mol. The van der Waals surface area contributed by atoms with Crippen LogP contribution in [0.5, 0.6) is 17.2 Å². The molecule has 1 fully saturated rings. The monoisotopic (exact) mass is 608 g/mol. The van der Waals surface area contributed by atoms with Gasteiger partial charge in [-0.25, -0.2) is 14.2 Å². The van der Waals surface area contributed by atoms with Gasteiger partial charge in [-0.1, -0.05) is 29.8 Å². The molecule has 1 saturated heterocycles. The molecule has 0 aliphatic carbocycles. The van der Waals surface area contributed by atoms with E-state index in [0.717, 1.165) is 11.1 Å². The second-order valence-electron chi connectivity index (χ2n) is 10.7. The number of ether oxygens (including phenoxy) is 5. The summed E-state index contributed by atoms with van der Waals surface area (Å²) in [5, 5.41) is 2.73. The van der Waals surface area contributed by atoms with Gasteiger partial charge in [0, 0.05) is 25.1 Å². The highest BCUT2D eigenvalue weighted by Gasteiger charge is 2.36. The molecule has 1 aliphatic rings. The van der Waals surface area contributed by atoms with E-state index in [1.165, 1.54) is 38.4 Å². The Morgan fingerprint density at radius 3 is 2.48 bits per heavy atom. The number of cyclic esters (lactones) is 1. The first-order valence-corrected chi connectivity index (χ1v) is 14.4. The minimum Gasteiger partial charge on any atom is -0.493 e. The van der Waals surface area contributed by atoms with E-state index in [-0.39, 0.29) is 41.5 Å². The molecule has 1 aromatic heterocycles. The van der Waals surface area contributed by atoms with Crippen LogP contribution in [0.2, 0.25) is 0 Å². The zero-order valence-electron chi connectivity index (χ0n) is 25.2. The molecule has 2 heterocycles. The van der Waals surface area contributed by atoms with E-state index in [4.69, 9.17) is 23.7 Å². The Labute approximate surface area is 255 Å². The lowest BCUT2D eigenvalue weighted by molar-refractivity contribution is -0.154. The van der Waals surface area contributed by atoms with Crippen LogP contribution in [0.1, 0.15) is 54.7 Å². The minimum absolute atomic E-state index is 0.0375.